The minimum Gasteiger partial charge on any atom is -0.382 e. The third-order valence-electron chi connectivity index (χ3n) is 3.56. The van der Waals surface area contributed by atoms with Crippen molar-refractivity contribution in [3.8, 4) is 0 Å². The van der Waals surface area contributed by atoms with Crippen LogP contribution in [-0.4, -0.2) is 48.4 Å². The van der Waals surface area contributed by atoms with Crippen molar-refractivity contribution in [2.45, 2.75) is 27.2 Å². The van der Waals surface area contributed by atoms with Crippen LogP contribution in [-0.2, 0) is 0 Å². The minimum absolute atomic E-state index is 0.0304. The lowest BCUT2D eigenvalue weighted by atomic mass is 10.2. The van der Waals surface area contributed by atoms with E-state index in [0.29, 0.717) is 5.69 Å². The zero-order valence-electron chi connectivity index (χ0n) is 12.9. The molecule has 20 heavy (non-hydrogen) atoms. The highest BCUT2D eigenvalue weighted by atomic mass is 15.2. The summed E-state index contributed by atoms with van der Waals surface area (Å²) < 4.78 is 0. The lowest BCUT2D eigenvalue weighted by molar-refractivity contribution is 0.301. The summed E-state index contributed by atoms with van der Waals surface area (Å²) in [6, 6.07) is 3.89. The second kappa shape index (κ2) is 8.53. The number of nitrogens with zero attached hydrogens (tertiary/aromatic N) is 3. The predicted molar refractivity (Wildman–Crippen MR) is 85.5 cm³/mol. The van der Waals surface area contributed by atoms with Gasteiger partial charge < -0.3 is 15.5 Å². The molecule has 1 heterocycles. The lowest BCUT2D eigenvalue weighted by Crippen LogP contribution is -2.31. The van der Waals surface area contributed by atoms with Crippen LogP contribution in [0.25, 0.3) is 0 Å². The molecule has 5 heteroatoms. The highest BCUT2D eigenvalue weighted by molar-refractivity contribution is 5.98. The maximum atomic E-state index is 7.63. The number of anilines is 1. The first-order chi connectivity index (χ1) is 9.63. The molecule has 0 aromatic carbocycles. The number of amidine groups is 1. The zero-order chi connectivity index (χ0) is 15.0. The first kappa shape index (κ1) is 16.4. The van der Waals surface area contributed by atoms with Crippen molar-refractivity contribution in [1.29, 1.82) is 5.41 Å². The van der Waals surface area contributed by atoms with Crippen LogP contribution >= 0.6 is 0 Å². The van der Waals surface area contributed by atoms with E-state index < -0.39 is 0 Å². The van der Waals surface area contributed by atoms with Gasteiger partial charge >= 0.3 is 0 Å². The van der Waals surface area contributed by atoms with Gasteiger partial charge in [-0.2, -0.15) is 0 Å². The van der Waals surface area contributed by atoms with E-state index in [1.54, 1.807) is 6.20 Å². The Labute approximate surface area is 122 Å². The fourth-order valence-electron chi connectivity index (χ4n) is 2.33. The molecule has 0 fully saturated rings. The molecule has 0 radical (unpaired) electrons. The van der Waals surface area contributed by atoms with Crippen molar-refractivity contribution in [1.82, 2.24) is 9.88 Å². The van der Waals surface area contributed by atoms with Gasteiger partial charge in [-0.3, -0.25) is 10.4 Å². The van der Waals surface area contributed by atoms with E-state index in [-0.39, 0.29) is 5.84 Å². The molecule has 0 bridgehead atoms. The SMILES string of the molecule is CCN(CC)CCCN(CC)c1cccnc1C(=N)N. The Bertz CT molecular complexity index is 414. The average molecular weight is 277 g/mol. The van der Waals surface area contributed by atoms with Crippen LogP contribution in [0.3, 0.4) is 0 Å². The molecule has 0 spiro atoms. The highest BCUT2D eigenvalue weighted by Crippen LogP contribution is 2.18. The smallest absolute Gasteiger partial charge is 0.143 e. The van der Waals surface area contributed by atoms with E-state index in [0.717, 1.165) is 44.8 Å². The van der Waals surface area contributed by atoms with Crippen molar-refractivity contribution >= 4 is 11.5 Å². The Morgan fingerprint density at radius 2 is 1.90 bits per heavy atom. The van der Waals surface area contributed by atoms with E-state index in [1.165, 1.54) is 0 Å². The standard InChI is InChI=1S/C15H27N5/c1-4-19(5-2)11-8-12-20(6-3)13-9-7-10-18-14(13)15(16)17/h7,9-10H,4-6,8,11-12H2,1-3H3,(H3,16,17). The molecule has 0 atom stereocenters. The molecule has 0 saturated heterocycles. The Morgan fingerprint density at radius 3 is 2.45 bits per heavy atom. The first-order valence-electron chi connectivity index (χ1n) is 7.40. The van der Waals surface area contributed by atoms with Crippen molar-refractivity contribution in [2.75, 3.05) is 37.6 Å². The van der Waals surface area contributed by atoms with Gasteiger partial charge in [-0.25, -0.2) is 0 Å². The largest absolute Gasteiger partial charge is 0.382 e. The van der Waals surface area contributed by atoms with Gasteiger partial charge in [-0.1, -0.05) is 13.8 Å². The van der Waals surface area contributed by atoms with Gasteiger partial charge in [0.2, 0.25) is 0 Å². The fourth-order valence-corrected chi connectivity index (χ4v) is 2.33. The van der Waals surface area contributed by atoms with E-state index in [1.807, 2.05) is 12.1 Å². The van der Waals surface area contributed by atoms with Crippen LogP contribution in [0.5, 0.6) is 0 Å². The Morgan fingerprint density at radius 1 is 1.20 bits per heavy atom. The summed E-state index contributed by atoms with van der Waals surface area (Å²) in [5.41, 5.74) is 7.15. The molecule has 112 valence electrons. The van der Waals surface area contributed by atoms with E-state index in [4.69, 9.17) is 11.1 Å². The fraction of sp³-hybridized carbons (Fsp3) is 0.600. The Hall–Kier alpha value is -1.62. The first-order valence-corrected chi connectivity index (χ1v) is 7.40. The van der Waals surface area contributed by atoms with Crippen molar-refractivity contribution in [3.63, 3.8) is 0 Å². The van der Waals surface area contributed by atoms with Crippen LogP contribution in [0.1, 0.15) is 32.9 Å². The van der Waals surface area contributed by atoms with E-state index >= 15 is 0 Å². The summed E-state index contributed by atoms with van der Waals surface area (Å²) in [5, 5.41) is 7.63. The van der Waals surface area contributed by atoms with Crippen molar-refractivity contribution in [3.05, 3.63) is 24.0 Å². The average Bonchev–Trinajstić information content (AvgIpc) is 2.47. The molecule has 5 nitrogen and oxygen atoms in total. The Kier molecular flexibility index (Phi) is 7.01. The second-order valence-electron chi connectivity index (χ2n) is 4.74. The molecule has 0 unspecified atom stereocenters. The third kappa shape index (κ3) is 4.49. The number of rotatable bonds is 9. The van der Waals surface area contributed by atoms with Gasteiger partial charge in [-0.15, -0.1) is 0 Å². The van der Waals surface area contributed by atoms with E-state index in [9.17, 15) is 0 Å². The number of hydrogen-bond donors (Lipinski definition) is 2. The summed E-state index contributed by atoms with van der Waals surface area (Å²) >= 11 is 0. The van der Waals surface area contributed by atoms with Gasteiger partial charge in [-0.05, 0) is 45.1 Å². The van der Waals surface area contributed by atoms with Crippen LogP contribution in [0.4, 0.5) is 5.69 Å². The quantitative estimate of drug-likeness (QED) is 0.534. The summed E-state index contributed by atoms with van der Waals surface area (Å²) in [6.07, 6.45) is 2.78. The molecule has 1 rings (SSSR count). The Balaban J connectivity index is 2.69. The molecular formula is C15H27N5. The molecule has 3 N–H and O–H groups in total. The maximum absolute atomic E-state index is 7.63. The van der Waals surface area contributed by atoms with Crippen LogP contribution in [0.15, 0.2) is 18.3 Å². The third-order valence-corrected chi connectivity index (χ3v) is 3.56. The summed E-state index contributed by atoms with van der Waals surface area (Å²) in [4.78, 5) is 8.88. The highest BCUT2D eigenvalue weighted by Gasteiger charge is 2.12. The van der Waals surface area contributed by atoms with Crippen molar-refractivity contribution in [2.24, 2.45) is 5.73 Å². The molecule has 1 aromatic heterocycles. The van der Waals surface area contributed by atoms with Gasteiger partial charge in [0.05, 0.1) is 5.69 Å². The lowest BCUT2D eigenvalue weighted by Gasteiger charge is -2.26. The number of nitrogen functional groups attached to an aromatic ring is 1. The zero-order valence-corrected chi connectivity index (χ0v) is 12.9. The number of aromatic nitrogens is 1. The van der Waals surface area contributed by atoms with E-state index in [2.05, 4.69) is 35.6 Å². The second-order valence-corrected chi connectivity index (χ2v) is 4.74. The normalized spacial score (nSPS) is 10.8. The monoisotopic (exact) mass is 277 g/mol. The maximum Gasteiger partial charge on any atom is 0.143 e. The molecule has 0 amide bonds. The van der Waals surface area contributed by atoms with Gasteiger partial charge in [0.1, 0.15) is 11.5 Å². The number of nitrogens with one attached hydrogen (secondary N) is 1. The number of hydrogen-bond acceptors (Lipinski definition) is 4. The molecule has 0 aliphatic rings. The summed E-state index contributed by atoms with van der Waals surface area (Å²) in [5.74, 6) is 0.0304. The van der Waals surface area contributed by atoms with Gasteiger partial charge in [0.25, 0.3) is 0 Å². The summed E-state index contributed by atoms with van der Waals surface area (Å²) in [6.45, 7) is 11.6. The van der Waals surface area contributed by atoms with Crippen LogP contribution in [0.2, 0.25) is 0 Å². The molecule has 0 aliphatic carbocycles. The number of pyridine rings is 1. The van der Waals surface area contributed by atoms with Crippen LogP contribution in [0, 0.1) is 5.41 Å². The minimum atomic E-state index is 0.0304. The van der Waals surface area contributed by atoms with Gasteiger partial charge in [0.15, 0.2) is 0 Å². The predicted octanol–water partition coefficient (Wildman–Crippen LogP) is 1.92. The topological polar surface area (TPSA) is 69.2 Å². The molecule has 0 aliphatic heterocycles. The van der Waals surface area contributed by atoms with Gasteiger partial charge in [0, 0.05) is 19.3 Å². The molecule has 0 saturated carbocycles. The molecule has 1 aromatic rings. The number of nitrogens with two attached hydrogens (primary N) is 1. The summed E-state index contributed by atoms with van der Waals surface area (Å²) in [7, 11) is 0. The molecular weight excluding hydrogens is 250 g/mol. The van der Waals surface area contributed by atoms with Crippen molar-refractivity contribution < 1.29 is 0 Å². The van der Waals surface area contributed by atoms with Crippen LogP contribution < -0.4 is 10.6 Å².